The highest BCUT2D eigenvalue weighted by Crippen LogP contribution is 2.17. The molecule has 1 heterocycles. The van der Waals surface area contributed by atoms with Gasteiger partial charge in [-0.2, -0.15) is 10.1 Å². The fourth-order valence-corrected chi connectivity index (χ4v) is 1.34. The number of nitrogens with one attached hydrogen (secondary N) is 1. The standard InChI is InChI=1S/C11H11N5O2/c1-7-14-10(18-16-7)9-4-2-3-8(5-9)6-13-15-11(12)17/h2-6H,1H3,(H3,12,15,17). The highest BCUT2D eigenvalue weighted by Gasteiger charge is 2.05. The number of rotatable bonds is 3. The van der Waals surface area contributed by atoms with Crippen LogP contribution in [-0.4, -0.2) is 22.4 Å². The Bertz CT molecular complexity index is 591. The fourth-order valence-electron chi connectivity index (χ4n) is 1.34. The summed E-state index contributed by atoms with van der Waals surface area (Å²) in [4.78, 5) is 14.6. The highest BCUT2D eigenvalue weighted by molar-refractivity contribution is 5.83. The van der Waals surface area contributed by atoms with Crippen molar-refractivity contribution in [2.24, 2.45) is 10.8 Å². The summed E-state index contributed by atoms with van der Waals surface area (Å²) in [5.74, 6) is 1.00. The molecule has 0 atom stereocenters. The lowest BCUT2D eigenvalue weighted by molar-refractivity contribution is 0.249. The van der Waals surface area contributed by atoms with Gasteiger partial charge >= 0.3 is 6.03 Å². The lowest BCUT2D eigenvalue weighted by Crippen LogP contribution is -2.24. The second kappa shape index (κ2) is 5.09. The van der Waals surface area contributed by atoms with E-state index in [1.807, 2.05) is 18.2 Å². The number of primary amides is 1. The SMILES string of the molecule is Cc1noc(-c2cccc(C=NNC(N)=O)c2)n1. The maximum absolute atomic E-state index is 10.4. The summed E-state index contributed by atoms with van der Waals surface area (Å²) >= 11 is 0. The average molecular weight is 245 g/mol. The number of aromatic nitrogens is 2. The Morgan fingerprint density at radius 3 is 3.06 bits per heavy atom. The summed E-state index contributed by atoms with van der Waals surface area (Å²) in [6.45, 7) is 1.75. The molecule has 0 radical (unpaired) electrons. The minimum atomic E-state index is -0.713. The Balaban J connectivity index is 2.20. The first-order valence-electron chi connectivity index (χ1n) is 5.14. The van der Waals surface area contributed by atoms with Gasteiger partial charge < -0.3 is 10.3 Å². The lowest BCUT2D eigenvalue weighted by Gasteiger charge is -1.96. The van der Waals surface area contributed by atoms with E-state index in [0.717, 1.165) is 11.1 Å². The first-order chi connectivity index (χ1) is 8.65. The van der Waals surface area contributed by atoms with Crippen molar-refractivity contribution in [3.63, 3.8) is 0 Å². The van der Waals surface area contributed by atoms with Crippen LogP contribution < -0.4 is 11.2 Å². The Kier molecular flexibility index (Phi) is 3.33. The predicted octanol–water partition coefficient (Wildman–Crippen LogP) is 1.05. The topological polar surface area (TPSA) is 106 Å². The molecule has 7 nitrogen and oxygen atoms in total. The molecule has 0 fully saturated rings. The van der Waals surface area contributed by atoms with Gasteiger partial charge in [0, 0.05) is 5.56 Å². The molecular formula is C11H11N5O2. The van der Waals surface area contributed by atoms with Crippen molar-refractivity contribution in [1.29, 1.82) is 0 Å². The number of carbonyl (C=O) groups is 1. The van der Waals surface area contributed by atoms with Crippen LogP contribution in [0.25, 0.3) is 11.5 Å². The number of urea groups is 1. The van der Waals surface area contributed by atoms with Gasteiger partial charge in [-0.05, 0) is 24.6 Å². The molecule has 0 saturated heterocycles. The van der Waals surface area contributed by atoms with Crippen LogP contribution in [0.4, 0.5) is 4.79 Å². The Morgan fingerprint density at radius 1 is 1.56 bits per heavy atom. The first kappa shape index (κ1) is 11.8. The van der Waals surface area contributed by atoms with E-state index in [0.29, 0.717) is 11.7 Å². The van der Waals surface area contributed by atoms with Crippen molar-refractivity contribution in [3.05, 3.63) is 35.7 Å². The van der Waals surface area contributed by atoms with Gasteiger partial charge in [0.2, 0.25) is 0 Å². The minimum Gasteiger partial charge on any atom is -0.350 e. The van der Waals surface area contributed by atoms with Crippen molar-refractivity contribution < 1.29 is 9.32 Å². The van der Waals surface area contributed by atoms with Crippen molar-refractivity contribution in [2.75, 3.05) is 0 Å². The van der Waals surface area contributed by atoms with Crippen LogP contribution in [0, 0.1) is 6.92 Å². The molecule has 0 aliphatic carbocycles. The molecule has 0 bridgehead atoms. The zero-order chi connectivity index (χ0) is 13.0. The molecule has 2 amide bonds. The van der Waals surface area contributed by atoms with E-state index in [-0.39, 0.29) is 0 Å². The number of nitrogens with two attached hydrogens (primary N) is 1. The fraction of sp³-hybridized carbons (Fsp3) is 0.0909. The van der Waals surface area contributed by atoms with Crippen molar-refractivity contribution in [1.82, 2.24) is 15.6 Å². The molecule has 0 aliphatic heterocycles. The van der Waals surface area contributed by atoms with Gasteiger partial charge in [0.05, 0.1) is 6.21 Å². The van der Waals surface area contributed by atoms with Gasteiger partial charge in [-0.25, -0.2) is 10.2 Å². The number of aryl methyl sites for hydroxylation is 1. The molecule has 0 unspecified atom stereocenters. The van der Waals surface area contributed by atoms with E-state index >= 15 is 0 Å². The number of nitrogens with zero attached hydrogens (tertiary/aromatic N) is 3. The maximum Gasteiger partial charge on any atom is 0.332 e. The predicted molar refractivity (Wildman–Crippen MR) is 64.8 cm³/mol. The van der Waals surface area contributed by atoms with Crippen LogP contribution in [0.15, 0.2) is 33.9 Å². The summed E-state index contributed by atoms with van der Waals surface area (Å²) < 4.78 is 5.05. The number of amides is 2. The Labute approximate surface area is 103 Å². The zero-order valence-corrected chi connectivity index (χ0v) is 9.62. The van der Waals surface area contributed by atoms with Crippen molar-refractivity contribution in [3.8, 4) is 11.5 Å². The third-order valence-electron chi connectivity index (χ3n) is 2.05. The molecule has 18 heavy (non-hydrogen) atoms. The molecule has 0 spiro atoms. The third kappa shape index (κ3) is 2.91. The number of benzene rings is 1. The highest BCUT2D eigenvalue weighted by atomic mass is 16.5. The molecule has 92 valence electrons. The van der Waals surface area contributed by atoms with Gasteiger partial charge in [-0.1, -0.05) is 17.3 Å². The number of hydrazone groups is 1. The Hall–Kier alpha value is -2.70. The van der Waals surface area contributed by atoms with Gasteiger partial charge in [0.15, 0.2) is 5.82 Å². The van der Waals surface area contributed by atoms with Crippen LogP contribution in [0.2, 0.25) is 0 Å². The maximum atomic E-state index is 10.4. The molecule has 3 N–H and O–H groups in total. The van der Waals surface area contributed by atoms with Gasteiger partial charge in [-0.15, -0.1) is 0 Å². The smallest absolute Gasteiger partial charge is 0.332 e. The first-order valence-corrected chi connectivity index (χ1v) is 5.14. The van der Waals surface area contributed by atoms with Crippen molar-refractivity contribution >= 4 is 12.2 Å². The average Bonchev–Trinajstić information content (AvgIpc) is 2.76. The van der Waals surface area contributed by atoms with Crippen LogP contribution in [-0.2, 0) is 0 Å². The molecule has 2 aromatic rings. The second-order valence-electron chi connectivity index (χ2n) is 3.51. The molecule has 0 aliphatic rings. The molecule has 1 aromatic heterocycles. The summed E-state index contributed by atoms with van der Waals surface area (Å²) in [7, 11) is 0. The number of carbonyl (C=O) groups excluding carboxylic acids is 1. The monoisotopic (exact) mass is 245 g/mol. The third-order valence-corrected chi connectivity index (χ3v) is 2.05. The Morgan fingerprint density at radius 2 is 2.39 bits per heavy atom. The zero-order valence-electron chi connectivity index (χ0n) is 9.62. The van der Waals surface area contributed by atoms with Crippen LogP contribution in [0.3, 0.4) is 0 Å². The van der Waals surface area contributed by atoms with Gasteiger partial charge in [0.1, 0.15) is 0 Å². The van der Waals surface area contributed by atoms with Crippen LogP contribution in [0.5, 0.6) is 0 Å². The van der Waals surface area contributed by atoms with E-state index in [4.69, 9.17) is 10.3 Å². The van der Waals surface area contributed by atoms with E-state index in [2.05, 4.69) is 20.7 Å². The van der Waals surface area contributed by atoms with Crippen LogP contribution >= 0.6 is 0 Å². The molecule has 2 rings (SSSR count). The number of hydrogen-bond donors (Lipinski definition) is 2. The van der Waals surface area contributed by atoms with E-state index in [1.54, 1.807) is 13.0 Å². The molecule has 7 heteroatoms. The van der Waals surface area contributed by atoms with Gasteiger partial charge in [-0.3, -0.25) is 0 Å². The van der Waals surface area contributed by atoms with E-state index < -0.39 is 6.03 Å². The van der Waals surface area contributed by atoms with Crippen molar-refractivity contribution in [2.45, 2.75) is 6.92 Å². The molecule has 0 saturated carbocycles. The summed E-state index contributed by atoms with van der Waals surface area (Å²) in [6.07, 6.45) is 1.47. The van der Waals surface area contributed by atoms with E-state index in [1.165, 1.54) is 6.21 Å². The second-order valence-corrected chi connectivity index (χ2v) is 3.51. The minimum absolute atomic E-state index is 0.436. The number of hydrogen-bond acceptors (Lipinski definition) is 5. The lowest BCUT2D eigenvalue weighted by atomic mass is 10.1. The summed E-state index contributed by atoms with van der Waals surface area (Å²) in [6, 6.07) is 6.57. The van der Waals surface area contributed by atoms with Crippen LogP contribution in [0.1, 0.15) is 11.4 Å². The molecular weight excluding hydrogens is 234 g/mol. The van der Waals surface area contributed by atoms with Gasteiger partial charge in [0.25, 0.3) is 5.89 Å². The normalized spacial score (nSPS) is 10.7. The van der Waals surface area contributed by atoms with E-state index in [9.17, 15) is 4.79 Å². The molecule has 1 aromatic carbocycles. The quantitative estimate of drug-likeness (QED) is 0.622. The summed E-state index contributed by atoms with van der Waals surface area (Å²) in [5.41, 5.74) is 8.55. The summed E-state index contributed by atoms with van der Waals surface area (Å²) in [5, 5.41) is 7.38. The largest absolute Gasteiger partial charge is 0.350 e.